The summed E-state index contributed by atoms with van der Waals surface area (Å²) < 4.78 is 9.81. The lowest BCUT2D eigenvalue weighted by Crippen LogP contribution is -2.35. The minimum Gasteiger partial charge on any atom is -0.433 e. The van der Waals surface area contributed by atoms with Crippen molar-refractivity contribution in [2.75, 3.05) is 19.3 Å². The molecule has 1 atom stereocenters. The van der Waals surface area contributed by atoms with E-state index in [0.29, 0.717) is 6.61 Å². The van der Waals surface area contributed by atoms with Gasteiger partial charge in [-0.15, -0.1) is 0 Å². The average Bonchev–Trinajstić information content (AvgIpc) is 2.33. The first-order chi connectivity index (χ1) is 6.33. The molecule has 1 aliphatic rings. The van der Waals surface area contributed by atoms with Crippen LogP contribution in [-0.2, 0) is 9.47 Å². The fourth-order valence-electron chi connectivity index (χ4n) is 1.31. The monoisotopic (exact) mass is 207 g/mol. The largest absolute Gasteiger partial charge is 0.433 e. The first-order valence-corrected chi connectivity index (χ1v) is 4.93. The minimum absolute atomic E-state index is 0.102. The molecule has 0 bridgehead atoms. The van der Waals surface area contributed by atoms with Crippen LogP contribution in [0.1, 0.15) is 19.3 Å². The van der Waals surface area contributed by atoms with Crippen molar-refractivity contribution >= 4 is 17.7 Å². The molecule has 1 N–H and O–H groups in total. The molecule has 0 spiro atoms. The Labute approximate surface area is 82.5 Å². The van der Waals surface area contributed by atoms with Crippen LogP contribution in [0.25, 0.3) is 0 Å². The normalized spacial score (nSPS) is 23.3. The highest BCUT2D eigenvalue weighted by Crippen LogP contribution is 2.07. The van der Waals surface area contributed by atoms with Gasteiger partial charge >= 0.3 is 6.09 Å². The molecule has 0 radical (unpaired) electrons. The standard InChI is InChI=1S/C8H14ClNO3/c9-6-13-8(11)10-7-2-1-4-12-5-3-7/h7H,1-6H2,(H,10,11). The van der Waals surface area contributed by atoms with Gasteiger partial charge in [-0.3, -0.25) is 0 Å². The molecule has 0 aromatic heterocycles. The molecule has 4 nitrogen and oxygen atoms in total. The summed E-state index contributed by atoms with van der Waals surface area (Å²) in [5.41, 5.74) is 0. The summed E-state index contributed by atoms with van der Waals surface area (Å²) in [5.74, 6) is 0. The van der Waals surface area contributed by atoms with Crippen molar-refractivity contribution in [3.8, 4) is 0 Å². The first kappa shape index (κ1) is 10.6. The summed E-state index contributed by atoms with van der Waals surface area (Å²) in [5, 5.41) is 2.73. The molecule has 1 aliphatic heterocycles. The van der Waals surface area contributed by atoms with Crippen LogP contribution in [0.15, 0.2) is 0 Å². The van der Waals surface area contributed by atoms with Crippen LogP contribution in [0.5, 0.6) is 0 Å². The summed E-state index contributed by atoms with van der Waals surface area (Å²) in [7, 11) is 0. The number of carbonyl (C=O) groups is 1. The van der Waals surface area contributed by atoms with Crippen molar-refractivity contribution in [3.63, 3.8) is 0 Å². The number of rotatable bonds is 2. The maximum atomic E-state index is 11.0. The summed E-state index contributed by atoms with van der Waals surface area (Å²) >= 11 is 5.24. The van der Waals surface area contributed by atoms with Crippen LogP contribution in [0, 0.1) is 0 Å². The van der Waals surface area contributed by atoms with Crippen molar-refractivity contribution in [2.24, 2.45) is 0 Å². The van der Waals surface area contributed by atoms with Gasteiger partial charge in [0.05, 0.1) is 0 Å². The summed E-state index contributed by atoms with van der Waals surface area (Å²) in [6, 6.07) is 0.0629. The lowest BCUT2D eigenvalue weighted by Gasteiger charge is -2.14. The highest BCUT2D eigenvalue weighted by Gasteiger charge is 2.14. The number of carbonyl (C=O) groups excluding carboxylic acids is 1. The zero-order chi connectivity index (χ0) is 9.52. The van der Waals surface area contributed by atoms with Gasteiger partial charge in [-0.1, -0.05) is 11.6 Å². The van der Waals surface area contributed by atoms with Gasteiger partial charge in [0.25, 0.3) is 0 Å². The van der Waals surface area contributed by atoms with Crippen molar-refractivity contribution in [3.05, 3.63) is 0 Å². The van der Waals surface area contributed by atoms with Crippen LogP contribution >= 0.6 is 11.6 Å². The molecular formula is C8H14ClNO3. The molecule has 1 amide bonds. The van der Waals surface area contributed by atoms with Gasteiger partial charge in [0.15, 0.2) is 6.07 Å². The maximum Gasteiger partial charge on any atom is 0.408 e. The molecule has 76 valence electrons. The van der Waals surface area contributed by atoms with Gasteiger partial charge in [0, 0.05) is 19.3 Å². The van der Waals surface area contributed by atoms with Crippen molar-refractivity contribution in [2.45, 2.75) is 25.3 Å². The van der Waals surface area contributed by atoms with E-state index in [2.05, 4.69) is 10.1 Å². The molecule has 1 heterocycles. The Hall–Kier alpha value is -0.480. The second-order valence-electron chi connectivity index (χ2n) is 2.93. The quantitative estimate of drug-likeness (QED) is 0.698. The van der Waals surface area contributed by atoms with E-state index >= 15 is 0 Å². The lowest BCUT2D eigenvalue weighted by molar-refractivity contribution is 0.140. The van der Waals surface area contributed by atoms with Crippen molar-refractivity contribution in [1.82, 2.24) is 5.32 Å². The van der Waals surface area contributed by atoms with E-state index in [1.165, 1.54) is 0 Å². The van der Waals surface area contributed by atoms with Crippen LogP contribution in [0.2, 0.25) is 0 Å². The van der Waals surface area contributed by atoms with E-state index in [4.69, 9.17) is 16.3 Å². The van der Waals surface area contributed by atoms with E-state index < -0.39 is 6.09 Å². The predicted molar refractivity (Wildman–Crippen MR) is 48.8 cm³/mol. The number of nitrogens with one attached hydrogen (secondary N) is 1. The highest BCUT2D eigenvalue weighted by atomic mass is 35.5. The smallest absolute Gasteiger partial charge is 0.408 e. The number of alkyl halides is 1. The Balaban J connectivity index is 2.21. The Morgan fingerprint density at radius 2 is 2.38 bits per heavy atom. The fraction of sp³-hybridized carbons (Fsp3) is 0.875. The zero-order valence-electron chi connectivity index (χ0n) is 7.42. The second-order valence-corrected chi connectivity index (χ2v) is 3.14. The topological polar surface area (TPSA) is 47.6 Å². The van der Waals surface area contributed by atoms with Gasteiger partial charge in [-0.25, -0.2) is 4.79 Å². The first-order valence-electron chi connectivity index (χ1n) is 4.40. The maximum absolute atomic E-state index is 11.0. The third-order valence-corrected chi connectivity index (χ3v) is 2.07. The second kappa shape index (κ2) is 6.05. The molecule has 0 saturated carbocycles. The van der Waals surface area contributed by atoms with Crippen LogP contribution in [-0.4, -0.2) is 31.4 Å². The third kappa shape index (κ3) is 4.33. The molecule has 1 saturated heterocycles. The highest BCUT2D eigenvalue weighted by molar-refractivity contribution is 6.17. The van der Waals surface area contributed by atoms with E-state index in [0.717, 1.165) is 25.9 Å². The number of hydrogen-bond donors (Lipinski definition) is 1. The van der Waals surface area contributed by atoms with E-state index in [1.807, 2.05) is 0 Å². The summed E-state index contributed by atoms with van der Waals surface area (Å²) in [4.78, 5) is 11.0. The van der Waals surface area contributed by atoms with E-state index in [-0.39, 0.29) is 12.1 Å². The van der Waals surface area contributed by atoms with E-state index in [9.17, 15) is 4.79 Å². The Kier molecular flexibility index (Phi) is 4.93. The van der Waals surface area contributed by atoms with Gasteiger partial charge < -0.3 is 14.8 Å². The molecule has 0 aromatic rings. The molecule has 5 heteroatoms. The Morgan fingerprint density at radius 3 is 3.15 bits per heavy atom. The van der Waals surface area contributed by atoms with Gasteiger partial charge in [0.1, 0.15) is 0 Å². The number of hydrogen-bond acceptors (Lipinski definition) is 3. The molecule has 13 heavy (non-hydrogen) atoms. The van der Waals surface area contributed by atoms with Crippen LogP contribution < -0.4 is 5.32 Å². The molecule has 1 fully saturated rings. The third-order valence-electron chi connectivity index (χ3n) is 1.96. The zero-order valence-corrected chi connectivity index (χ0v) is 8.18. The van der Waals surface area contributed by atoms with Crippen LogP contribution in [0.3, 0.4) is 0 Å². The number of ether oxygens (including phenoxy) is 2. The number of halogens is 1. The molecule has 0 aliphatic carbocycles. The molecule has 1 unspecified atom stereocenters. The Bertz CT molecular complexity index is 157. The SMILES string of the molecule is O=C(NC1CCCOCC1)OCCl. The molecular weight excluding hydrogens is 194 g/mol. The summed E-state index contributed by atoms with van der Waals surface area (Å²) in [6.07, 6.45) is 2.32. The minimum atomic E-state index is -0.443. The predicted octanol–water partition coefficient (Wildman–Crippen LogP) is 1.48. The van der Waals surface area contributed by atoms with Gasteiger partial charge in [0.2, 0.25) is 0 Å². The summed E-state index contributed by atoms with van der Waals surface area (Å²) in [6.45, 7) is 1.48. The lowest BCUT2D eigenvalue weighted by atomic mass is 10.1. The molecule has 1 rings (SSSR count). The average molecular weight is 208 g/mol. The number of amides is 1. The van der Waals surface area contributed by atoms with E-state index in [1.54, 1.807) is 0 Å². The number of alkyl carbamates (subject to hydrolysis) is 1. The molecule has 0 aromatic carbocycles. The Morgan fingerprint density at radius 1 is 1.54 bits per heavy atom. The van der Waals surface area contributed by atoms with Gasteiger partial charge in [-0.05, 0) is 19.3 Å². The fourth-order valence-corrected chi connectivity index (χ4v) is 1.41. The van der Waals surface area contributed by atoms with Gasteiger partial charge in [-0.2, -0.15) is 0 Å². The van der Waals surface area contributed by atoms with Crippen molar-refractivity contribution < 1.29 is 14.3 Å². The van der Waals surface area contributed by atoms with Crippen LogP contribution in [0.4, 0.5) is 4.79 Å². The van der Waals surface area contributed by atoms with Crippen molar-refractivity contribution in [1.29, 1.82) is 0 Å².